The van der Waals surface area contributed by atoms with Crippen LogP contribution in [0.3, 0.4) is 0 Å². The summed E-state index contributed by atoms with van der Waals surface area (Å²) in [5.74, 6) is -0.253. The average molecular weight is 285 g/mol. The summed E-state index contributed by atoms with van der Waals surface area (Å²) in [7, 11) is 0. The van der Waals surface area contributed by atoms with E-state index in [1.54, 1.807) is 18.5 Å². The van der Waals surface area contributed by atoms with Crippen molar-refractivity contribution in [3.8, 4) is 0 Å². The molecular weight excluding hydrogens is 279 g/mol. The summed E-state index contributed by atoms with van der Waals surface area (Å²) in [5, 5.41) is 0.601. The van der Waals surface area contributed by atoms with Crippen molar-refractivity contribution in [3.63, 3.8) is 0 Å². The third-order valence-electron chi connectivity index (χ3n) is 1.60. The van der Waals surface area contributed by atoms with E-state index < -0.39 is 0 Å². The second kappa shape index (κ2) is 4.72. The first kappa shape index (κ1) is 10.6. The summed E-state index contributed by atoms with van der Waals surface area (Å²) >= 11 is 4.58. The van der Waals surface area contributed by atoms with E-state index in [1.807, 2.05) is 6.07 Å². The fourth-order valence-corrected chi connectivity index (χ4v) is 1.93. The van der Waals surface area contributed by atoms with Crippen molar-refractivity contribution in [1.29, 1.82) is 0 Å². The van der Waals surface area contributed by atoms with Gasteiger partial charge in [-0.3, -0.25) is 0 Å². The Morgan fingerprint density at radius 2 is 1.93 bits per heavy atom. The number of nitrogens with zero attached hydrogens (tertiary/aromatic N) is 2. The Morgan fingerprint density at radius 3 is 2.60 bits per heavy atom. The van der Waals surface area contributed by atoms with E-state index in [2.05, 4.69) is 25.9 Å². The molecular formula is C10H6BrFN2S. The lowest BCUT2D eigenvalue weighted by atomic mass is 10.4. The molecule has 76 valence electrons. The van der Waals surface area contributed by atoms with Gasteiger partial charge in [0, 0.05) is 17.3 Å². The Hall–Kier alpha value is -0.940. The molecule has 0 aliphatic carbocycles. The van der Waals surface area contributed by atoms with Crippen molar-refractivity contribution in [1.82, 2.24) is 9.97 Å². The van der Waals surface area contributed by atoms with Gasteiger partial charge < -0.3 is 0 Å². The summed E-state index contributed by atoms with van der Waals surface area (Å²) < 4.78 is 13.7. The van der Waals surface area contributed by atoms with Gasteiger partial charge >= 0.3 is 0 Å². The Kier molecular flexibility index (Phi) is 3.33. The number of rotatable bonds is 2. The number of hydrogen-bond acceptors (Lipinski definition) is 3. The molecule has 0 amide bonds. The maximum absolute atomic E-state index is 12.9. The molecule has 0 saturated heterocycles. The van der Waals surface area contributed by atoms with Crippen LogP contribution in [0.2, 0.25) is 0 Å². The minimum absolute atomic E-state index is 0.253. The maximum Gasteiger partial charge on any atom is 0.192 e. The van der Waals surface area contributed by atoms with Crippen molar-refractivity contribution in [2.75, 3.05) is 0 Å². The van der Waals surface area contributed by atoms with Gasteiger partial charge in [-0.15, -0.1) is 0 Å². The van der Waals surface area contributed by atoms with Gasteiger partial charge in [0.2, 0.25) is 0 Å². The highest BCUT2D eigenvalue weighted by Crippen LogP contribution is 2.24. The fraction of sp³-hybridized carbons (Fsp3) is 0. The first-order valence-electron chi connectivity index (χ1n) is 4.15. The molecule has 2 aromatic rings. The van der Waals surface area contributed by atoms with E-state index in [4.69, 9.17) is 0 Å². The molecule has 0 spiro atoms. The largest absolute Gasteiger partial charge is 0.230 e. The molecule has 2 nitrogen and oxygen atoms in total. The SMILES string of the molecule is Fc1cccc(Sc2ncc(Br)cn2)c1. The lowest BCUT2D eigenvalue weighted by Crippen LogP contribution is -1.84. The first-order chi connectivity index (χ1) is 7.24. The summed E-state index contributed by atoms with van der Waals surface area (Å²) in [5.41, 5.74) is 0. The van der Waals surface area contributed by atoms with Crippen molar-refractivity contribution in [2.24, 2.45) is 0 Å². The van der Waals surface area contributed by atoms with Crippen molar-refractivity contribution in [2.45, 2.75) is 10.1 Å². The molecule has 0 saturated carbocycles. The van der Waals surface area contributed by atoms with Gasteiger partial charge in [0.05, 0.1) is 4.47 Å². The quantitative estimate of drug-likeness (QED) is 0.789. The Balaban J connectivity index is 2.18. The summed E-state index contributed by atoms with van der Waals surface area (Å²) in [6.07, 6.45) is 3.32. The van der Waals surface area contributed by atoms with Crippen LogP contribution >= 0.6 is 27.7 Å². The molecule has 1 aromatic carbocycles. The predicted molar refractivity (Wildman–Crippen MR) is 60.3 cm³/mol. The average Bonchev–Trinajstić information content (AvgIpc) is 2.22. The molecule has 0 aliphatic heterocycles. The predicted octanol–water partition coefficient (Wildman–Crippen LogP) is 3.53. The lowest BCUT2D eigenvalue weighted by Gasteiger charge is -1.99. The van der Waals surface area contributed by atoms with Gasteiger partial charge in [-0.25, -0.2) is 14.4 Å². The minimum atomic E-state index is -0.253. The molecule has 0 radical (unpaired) electrons. The smallest absolute Gasteiger partial charge is 0.192 e. The van der Waals surface area contributed by atoms with Gasteiger partial charge in [0.1, 0.15) is 5.82 Å². The second-order valence-electron chi connectivity index (χ2n) is 2.74. The van der Waals surface area contributed by atoms with E-state index in [0.29, 0.717) is 5.16 Å². The lowest BCUT2D eigenvalue weighted by molar-refractivity contribution is 0.624. The van der Waals surface area contributed by atoms with Gasteiger partial charge in [-0.05, 0) is 45.9 Å². The molecule has 0 bridgehead atoms. The van der Waals surface area contributed by atoms with E-state index in [0.717, 1.165) is 9.37 Å². The monoisotopic (exact) mass is 284 g/mol. The molecule has 0 atom stereocenters. The topological polar surface area (TPSA) is 25.8 Å². The molecule has 1 heterocycles. The van der Waals surface area contributed by atoms with E-state index in [9.17, 15) is 4.39 Å². The molecule has 0 unspecified atom stereocenters. The van der Waals surface area contributed by atoms with Crippen LogP contribution < -0.4 is 0 Å². The highest BCUT2D eigenvalue weighted by Gasteiger charge is 2.01. The van der Waals surface area contributed by atoms with Crippen LogP contribution in [-0.4, -0.2) is 9.97 Å². The fourth-order valence-electron chi connectivity index (χ4n) is 0.989. The van der Waals surface area contributed by atoms with E-state index >= 15 is 0 Å². The zero-order valence-corrected chi connectivity index (χ0v) is 9.93. The molecule has 2 rings (SSSR count). The molecule has 0 fully saturated rings. The minimum Gasteiger partial charge on any atom is -0.230 e. The summed E-state index contributed by atoms with van der Waals surface area (Å²) in [4.78, 5) is 8.96. The third kappa shape index (κ3) is 3.00. The van der Waals surface area contributed by atoms with Crippen LogP contribution in [0.4, 0.5) is 4.39 Å². The van der Waals surface area contributed by atoms with Gasteiger partial charge in [0.15, 0.2) is 5.16 Å². The van der Waals surface area contributed by atoms with Crippen LogP contribution in [0.1, 0.15) is 0 Å². The molecule has 5 heteroatoms. The van der Waals surface area contributed by atoms with Gasteiger partial charge in [-0.1, -0.05) is 6.07 Å². The number of aromatic nitrogens is 2. The second-order valence-corrected chi connectivity index (χ2v) is 4.70. The van der Waals surface area contributed by atoms with Crippen LogP contribution in [0.5, 0.6) is 0 Å². The third-order valence-corrected chi connectivity index (χ3v) is 2.89. The molecule has 0 aliphatic rings. The Labute approximate surface area is 99.1 Å². The van der Waals surface area contributed by atoms with Crippen molar-refractivity contribution in [3.05, 3.63) is 46.9 Å². The summed E-state index contributed by atoms with van der Waals surface area (Å²) in [6, 6.07) is 6.35. The molecule has 0 N–H and O–H groups in total. The Morgan fingerprint density at radius 1 is 1.20 bits per heavy atom. The molecule has 15 heavy (non-hydrogen) atoms. The summed E-state index contributed by atoms with van der Waals surface area (Å²) in [6.45, 7) is 0. The standard InChI is InChI=1S/C10H6BrFN2S/c11-7-5-13-10(14-6-7)15-9-3-1-2-8(12)4-9/h1-6H. The van der Waals surface area contributed by atoms with Crippen molar-refractivity contribution < 1.29 is 4.39 Å². The zero-order valence-electron chi connectivity index (χ0n) is 7.52. The zero-order chi connectivity index (χ0) is 10.7. The highest BCUT2D eigenvalue weighted by molar-refractivity contribution is 9.10. The first-order valence-corrected chi connectivity index (χ1v) is 5.76. The van der Waals surface area contributed by atoms with Crippen LogP contribution in [0, 0.1) is 5.82 Å². The highest BCUT2D eigenvalue weighted by atomic mass is 79.9. The van der Waals surface area contributed by atoms with Crippen molar-refractivity contribution >= 4 is 27.7 Å². The van der Waals surface area contributed by atoms with Gasteiger partial charge in [-0.2, -0.15) is 0 Å². The number of halogens is 2. The van der Waals surface area contributed by atoms with Gasteiger partial charge in [0.25, 0.3) is 0 Å². The maximum atomic E-state index is 12.9. The van der Waals surface area contributed by atoms with E-state index in [1.165, 1.54) is 23.9 Å². The van der Waals surface area contributed by atoms with Crippen LogP contribution in [0.15, 0.2) is 51.2 Å². The number of benzene rings is 1. The van der Waals surface area contributed by atoms with E-state index in [-0.39, 0.29) is 5.82 Å². The Bertz CT molecular complexity index is 461. The number of hydrogen-bond donors (Lipinski definition) is 0. The normalized spacial score (nSPS) is 10.3. The van der Waals surface area contributed by atoms with Crippen LogP contribution in [0.25, 0.3) is 0 Å². The van der Waals surface area contributed by atoms with Crippen LogP contribution in [-0.2, 0) is 0 Å². The molecule has 1 aromatic heterocycles.